The third-order valence-corrected chi connectivity index (χ3v) is 6.58. The first-order valence-corrected chi connectivity index (χ1v) is 9.73. The number of urea groups is 1. The summed E-state index contributed by atoms with van der Waals surface area (Å²) in [5.41, 5.74) is 0.0748. The average molecular weight is 312 g/mol. The van der Waals surface area contributed by atoms with E-state index in [4.69, 9.17) is 4.74 Å². The van der Waals surface area contributed by atoms with Gasteiger partial charge >= 0.3 is 6.03 Å². The topological polar surface area (TPSA) is 50.4 Å². The van der Waals surface area contributed by atoms with Crippen molar-refractivity contribution in [3.05, 3.63) is 0 Å². The molecular weight excluding hydrogens is 284 g/mol. The molecule has 0 aromatic carbocycles. The van der Waals surface area contributed by atoms with E-state index >= 15 is 0 Å². The van der Waals surface area contributed by atoms with Crippen molar-refractivity contribution in [3.8, 4) is 0 Å². The van der Waals surface area contributed by atoms with Crippen molar-refractivity contribution in [2.75, 3.05) is 12.9 Å². The van der Waals surface area contributed by atoms with Crippen LogP contribution in [0.1, 0.15) is 57.8 Å². The van der Waals surface area contributed by atoms with Gasteiger partial charge in [0.25, 0.3) is 0 Å². The second-order valence-electron chi connectivity index (χ2n) is 6.86. The monoisotopic (exact) mass is 312 g/mol. The first kappa shape index (κ1) is 15.5. The van der Waals surface area contributed by atoms with Crippen LogP contribution in [0.4, 0.5) is 4.79 Å². The number of carbonyl (C=O) groups excluding carboxylic acids is 1. The van der Waals surface area contributed by atoms with E-state index in [2.05, 4.69) is 16.9 Å². The Labute approximate surface area is 132 Å². The maximum Gasteiger partial charge on any atom is 0.315 e. The number of amides is 2. The highest BCUT2D eigenvalue weighted by molar-refractivity contribution is 7.99. The van der Waals surface area contributed by atoms with Crippen molar-refractivity contribution in [3.63, 3.8) is 0 Å². The fourth-order valence-electron chi connectivity index (χ4n) is 4.29. The Morgan fingerprint density at radius 1 is 1.14 bits per heavy atom. The van der Waals surface area contributed by atoms with E-state index in [1.165, 1.54) is 38.5 Å². The molecule has 3 aliphatic rings. The zero-order valence-electron chi connectivity index (χ0n) is 13.0. The summed E-state index contributed by atoms with van der Waals surface area (Å²) in [6.45, 7) is 0.793. The molecule has 120 valence electrons. The van der Waals surface area contributed by atoms with Crippen LogP contribution in [0.25, 0.3) is 0 Å². The molecule has 2 aliphatic carbocycles. The molecule has 3 fully saturated rings. The molecule has 3 rings (SSSR count). The summed E-state index contributed by atoms with van der Waals surface area (Å²) in [7, 11) is 0. The number of thioether (sulfide) groups is 1. The minimum Gasteiger partial charge on any atom is -0.375 e. The Bertz CT molecular complexity index is 371. The van der Waals surface area contributed by atoms with E-state index in [9.17, 15) is 4.79 Å². The van der Waals surface area contributed by atoms with E-state index in [1.807, 2.05) is 11.8 Å². The van der Waals surface area contributed by atoms with Gasteiger partial charge in [0.1, 0.15) is 0 Å². The molecule has 21 heavy (non-hydrogen) atoms. The van der Waals surface area contributed by atoms with Crippen LogP contribution in [0, 0.1) is 0 Å². The van der Waals surface area contributed by atoms with Gasteiger partial charge in [0.05, 0.1) is 5.60 Å². The summed E-state index contributed by atoms with van der Waals surface area (Å²) < 4.78 is 6.03. The zero-order valence-corrected chi connectivity index (χ0v) is 13.8. The minimum atomic E-state index is 0.0287. The fraction of sp³-hybridized carbons (Fsp3) is 0.938. The number of ether oxygens (including phenoxy) is 1. The standard InChI is InChI=1S/C16H28N2O2S/c1-21-14-6-4-5-13(14)18-15(19)17-12-7-10-20-16(11-12)8-2-3-9-16/h12-14H,2-11H2,1H3,(H2,17,18,19). The van der Waals surface area contributed by atoms with Gasteiger partial charge in [-0.15, -0.1) is 0 Å². The van der Waals surface area contributed by atoms with Gasteiger partial charge in [-0.25, -0.2) is 4.79 Å². The average Bonchev–Trinajstić information content (AvgIpc) is 3.08. The molecule has 0 radical (unpaired) electrons. The van der Waals surface area contributed by atoms with E-state index in [0.717, 1.165) is 25.9 Å². The summed E-state index contributed by atoms with van der Waals surface area (Å²) >= 11 is 1.88. The molecule has 0 aromatic rings. The maximum atomic E-state index is 12.3. The molecule has 2 N–H and O–H groups in total. The van der Waals surface area contributed by atoms with Gasteiger partial charge in [0.15, 0.2) is 0 Å². The van der Waals surface area contributed by atoms with E-state index < -0.39 is 0 Å². The lowest BCUT2D eigenvalue weighted by molar-refractivity contribution is -0.0820. The Morgan fingerprint density at radius 2 is 1.95 bits per heavy atom. The molecule has 2 amide bonds. The van der Waals surface area contributed by atoms with Gasteiger partial charge in [0.2, 0.25) is 0 Å². The van der Waals surface area contributed by atoms with Crippen LogP contribution in [-0.4, -0.2) is 41.8 Å². The van der Waals surface area contributed by atoms with Gasteiger partial charge < -0.3 is 15.4 Å². The number of carbonyl (C=O) groups is 1. The molecule has 4 nitrogen and oxygen atoms in total. The highest BCUT2D eigenvalue weighted by Gasteiger charge is 2.40. The van der Waals surface area contributed by atoms with Crippen LogP contribution in [0.15, 0.2) is 0 Å². The molecule has 3 atom stereocenters. The van der Waals surface area contributed by atoms with E-state index in [1.54, 1.807) is 0 Å². The molecule has 0 bridgehead atoms. The van der Waals surface area contributed by atoms with Gasteiger partial charge in [-0.2, -0.15) is 11.8 Å². The summed E-state index contributed by atoms with van der Waals surface area (Å²) in [6.07, 6.45) is 12.6. The third kappa shape index (κ3) is 3.67. The quantitative estimate of drug-likeness (QED) is 0.842. The van der Waals surface area contributed by atoms with Gasteiger partial charge in [0, 0.05) is 23.9 Å². The number of rotatable bonds is 3. The fourth-order valence-corrected chi connectivity index (χ4v) is 5.22. The molecule has 3 unspecified atom stereocenters. The Morgan fingerprint density at radius 3 is 2.71 bits per heavy atom. The maximum absolute atomic E-state index is 12.3. The molecule has 1 heterocycles. The lowest BCUT2D eigenvalue weighted by Crippen LogP contribution is -2.52. The van der Waals surface area contributed by atoms with E-state index in [-0.39, 0.29) is 17.7 Å². The SMILES string of the molecule is CSC1CCCC1NC(=O)NC1CCOC2(CCCC2)C1. The molecule has 1 saturated heterocycles. The first-order chi connectivity index (χ1) is 10.2. The number of nitrogens with one attached hydrogen (secondary N) is 2. The van der Waals surface area contributed by atoms with Gasteiger partial charge in [-0.3, -0.25) is 0 Å². The van der Waals surface area contributed by atoms with Crippen LogP contribution in [0.3, 0.4) is 0 Å². The van der Waals surface area contributed by atoms with Gasteiger partial charge in [-0.1, -0.05) is 19.3 Å². The highest BCUT2D eigenvalue weighted by atomic mass is 32.2. The predicted octanol–water partition coefficient (Wildman–Crippen LogP) is 3.06. The molecule has 1 spiro atoms. The van der Waals surface area contributed by atoms with Crippen molar-refractivity contribution in [1.82, 2.24) is 10.6 Å². The zero-order chi connectivity index (χ0) is 14.7. The molecular formula is C16H28N2O2S. The lowest BCUT2D eigenvalue weighted by Gasteiger charge is -2.38. The van der Waals surface area contributed by atoms with Crippen LogP contribution in [0.5, 0.6) is 0 Å². The van der Waals surface area contributed by atoms with Crippen LogP contribution in [-0.2, 0) is 4.74 Å². The second-order valence-corrected chi connectivity index (χ2v) is 7.93. The summed E-state index contributed by atoms with van der Waals surface area (Å²) in [5, 5.41) is 6.99. The minimum absolute atomic E-state index is 0.0287. The Balaban J connectivity index is 1.48. The summed E-state index contributed by atoms with van der Waals surface area (Å²) in [4.78, 5) is 12.3. The smallest absolute Gasteiger partial charge is 0.315 e. The van der Waals surface area contributed by atoms with Crippen molar-refractivity contribution < 1.29 is 9.53 Å². The number of hydrogen-bond acceptors (Lipinski definition) is 3. The summed E-state index contributed by atoms with van der Waals surface area (Å²) in [5.74, 6) is 0. The van der Waals surface area contributed by atoms with Crippen molar-refractivity contribution in [1.29, 1.82) is 0 Å². The normalized spacial score (nSPS) is 35.0. The first-order valence-electron chi connectivity index (χ1n) is 8.45. The van der Waals surface area contributed by atoms with Crippen molar-refractivity contribution >= 4 is 17.8 Å². The Kier molecular flexibility index (Phi) is 4.99. The Hall–Kier alpha value is -0.420. The van der Waals surface area contributed by atoms with Crippen LogP contribution >= 0.6 is 11.8 Å². The predicted molar refractivity (Wildman–Crippen MR) is 86.8 cm³/mol. The van der Waals surface area contributed by atoms with Crippen molar-refractivity contribution in [2.24, 2.45) is 0 Å². The third-order valence-electron chi connectivity index (χ3n) is 5.41. The van der Waals surface area contributed by atoms with Crippen LogP contribution < -0.4 is 10.6 Å². The molecule has 2 saturated carbocycles. The van der Waals surface area contributed by atoms with Gasteiger partial charge in [-0.05, 0) is 44.8 Å². The molecule has 1 aliphatic heterocycles. The number of hydrogen-bond donors (Lipinski definition) is 2. The second kappa shape index (κ2) is 6.78. The van der Waals surface area contributed by atoms with Crippen molar-refractivity contribution in [2.45, 2.75) is 80.7 Å². The largest absolute Gasteiger partial charge is 0.375 e. The molecule has 0 aromatic heterocycles. The van der Waals surface area contributed by atoms with E-state index in [0.29, 0.717) is 11.3 Å². The van der Waals surface area contributed by atoms with Crippen LogP contribution in [0.2, 0.25) is 0 Å². The molecule has 5 heteroatoms. The summed E-state index contributed by atoms with van der Waals surface area (Å²) in [6, 6.07) is 0.660. The highest BCUT2D eigenvalue weighted by Crippen LogP contribution is 2.40. The lowest BCUT2D eigenvalue weighted by atomic mass is 9.89.